The molecule has 1 aromatic carbocycles. The Balaban J connectivity index is 0.00000400. The summed E-state index contributed by atoms with van der Waals surface area (Å²) in [4.78, 5) is 3.90. The first-order valence-electron chi connectivity index (χ1n) is 7.04. The standard InChI is InChI=1S/C16H27N3O.HI/c1-12(2)10-20-14-8-6-13(7-9-14)16(3,4)11-19-15(17)18-5;/h6-9,12H,10-11H2,1-5H3,(H3,17,18,19);1H. The first kappa shape index (κ1) is 20.0. The maximum absolute atomic E-state index is 5.70. The molecule has 1 rings (SSSR count). The van der Waals surface area contributed by atoms with Crippen molar-refractivity contribution in [1.82, 2.24) is 5.32 Å². The van der Waals surface area contributed by atoms with Crippen molar-refractivity contribution in [2.75, 3.05) is 20.2 Å². The van der Waals surface area contributed by atoms with Crippen LogP contribution in [0.2, 0.25) is 0 Å². The van der Waals surface area contributed by atoms with Crippen molar-refractivity contribution in [2.45, 2.75) is 33.1 Å². The van der Waals surface area contributed by atoms with E-state index in [-0.39, 0.29) is 29.4 Å². The number of rotatable bonds is 6. The second-order valence-corrected chi connectivity index (χ2v) is 6.08. The van der Waals surface area contributed by atoms with Crippen molar-refractivity contribution in [1.29, 1.82) is 0 Å². The smallest absolute Gasteiger partial charge is 0.188 e. The van der Waals surface area contributed by atoms with Gasteiger partial charge in [-0.05, 0) is 23.6 Å². The van der Waals surface area contributed by atoms with Gasteiger partial charge in [-0.1, -0.05) is 39.8 Å². The lowest BCUT2D eigenvalue weighted by molar-refractivity contribution is 0.271. The number of guanidine groups is 1. The van der Waals surface area contributed by atoms with Crippen LogP contribution in [0.25, 0.3) is 0 Å². The summed E-state index contributed by atoms with van der Waals surface area (Å²) in [5.41, 5.74) is 6.89. The van der Waals surface area contributed by atoms with E-state index in [0.29, 0.717) is 11.9 Å². The van der Waals surface area contributed by atoms with Crippen molar-refractivity contribution >= 4 is 29.9 Å². The minimum atomic E-state index is -0.0219. The summed E-state index contributed by atoms with van der Waals surface area (Å²) in [6.45, 7) is 10.1. The van der Waals surface area contributed by atoms with Crippen LogP contribution >= 0.6 is 24.0 Å². The minimum Gasteiger partial charge on any atom is -0.493 e. The van der Waals surface area contributed by atoms with E-state index in [4.69, 9.17) is 10.5 Å². The topological polar surface area (TPSA) is 59.6 Å². The molecule has 0 spiro atoms. The molecule has 0 radical (unpaired) electrons. The highest BCUT2D eigenvalue weighted by molar-refractivity contribution is 14.0. The first-order valence-corrected chi connectivity index (χ1v) is 7.04. The Morgan fingerprint density at radius 1 is 1.29 bits per heavy atom. The number of aliphatic imine (C=N–C) groups is 1. The fourth-order valence-electron chi connectivity index (χ4n) is 1.76. The molecule has 0 atom stereocenters. The molecule has 0 aromatic heterocycles. The van der Waals surface area contributed by atoms with Crippen molar-refractivity contribution in [3.05, 3.63) is 29.8 Å². The summed E-state index contributed by atoms with van der Waals surface area (Å²) in [6.07, 6.45) is 0. The summed E-state index contributed by atoms with van der Waals surface area (Å²) in [5.74, 6) is 1.92. The SMILES string of the molecule is CN=C(N)NCC(C)(C)c1ccc(OCC(C)C)cc1.I. The van der Waals surface area contributed by atoms with E-state index in [9.17, 15) is 0 Å². The van der Waals surface area contributed by atoms with Crippen molar-refractivity contribution in [3.63, 3.8) is 0 Å². The number of hydrogen-bond donors (Lipinski definition) is 2. The molecule has 0 saturated carbocycles. The van der Waals surface area contributed by atoms with Crippen LogP contribution < -0.4 is 15.8 Å². The Bertz CT molecular complexity index is 441. The predicted octanol–water partition coefficient (Wildman–Crippen LogP) is 3.15. The summed E-state index contributed by atoms with van der Waals surface area (Å²) in [7, 11) is 1.68. The number of hydrogen-bond acceptors (Lipinski definition) is 2. The van der Waals surface area contributed by atoms with Crippen LogP contribution in [0.5, 0.6) is 5.75 Å². The van der Waals surface area contributed by atoms with E-state index in [0.717, 1.165) is 18.9 Å². The van der Waals surface area contributed by atoms with Gasteiger partial charge in [-0.25, -0.2) is 0 Å². The van der Waals surface area contributed by atoms with Gasteiger partial charge < -0.3 is 15.8 Å². The van der Waals surface area contributed by atoms with Gasteiger partial charge in [-0.2, -0.15) is 0 Å². The fourth-order valence-corrected chi connectivity index (χ4v) is 1.76. The Hall–Kier alpha value is -0.980. The normalized spacial score (nSPS) is 12.0. The zero-order valence-electron chi connectivity index (χ0n) is 13.6. The van der Waals surface area contributed by atoms with E-state index in [2.05, 4.69) is 50.1 Å². The third-order valence-electron chi connectivity index (χ3n) is 3.17. The lowest BCUT2D eigenvalue weighted by Crippen LogP contribution is -2.40. The maximum atomic E-state index is 5.70. The summed E-state index contributed by atoms with van der Waals surface area (Å²) in [6, 6.07) is 8.26. The highest BCUT2D eigenvalue weighted by atomic mass is 127. The van der Waals surface area contributed by atoms with Crippen molar-refractivity contribution in [2.24, 2.45) is 16.6 Å². The van der Waals surface area contributed by atoms with E-state index < -0.39 is 0 Å². The molecule has 0 amide bonds. The molecule has 0 aliphatic heterocycles. The van der Waals surface area contributed by atoms with E-state index in [1.807, 2.05) is 12.1 Å². The third kappa shape index (κ3) is 7.02. The maximum Gasteiger partial charge on any atom is 0.188 e. The van der Waals surface area contributed by atoms with Crippen molar-refractivity contribution in [3.8, 4) is 5.75 Å². The monoisotopic (exact) mass is 405 g/mol. The molecule has 0 fully saturated rings. The van der Waals surface area contributed by atoms with E-state index in [1.54, 1.807) is 7.05 Å². The number of benzene rings is 1. The van der Waals surface area contributed by atoms with Crippen LogP contribution in [0.15, 0.2) is 29.3 Å². The molecule has 120 valence electrons. The van der Waals surface area contributed by atoms with Crippen LogP contribution in [0.4, 0.5) is 0 Å². The van der Waals surface area contributed by atoms with Crippen molar-refractivity contribution < 1.29 is 4.74 Å². The summed E-state index contributed by atoms with van der Waals surface area (Å²) < 4.78 is 5.70. The highest BCUT2D eigenvalue weighted by Crippen LogP contribution is 2.24. The Kier molecular flexibility index (Phi) is 8.70. The second-order valence-electron chi connectivity index (χ2n) is 6.08. The average molecular weight is 405 g/mol. The number of nitrogens with zero attached hydrogens (tertiary/aromatic N) is 1. The van der Waals surface area contributed by atoms with Gasteiger partial charge in [-0.3, -0.25) is 4.99 Å². The lowest BCUT2D eigenvalue weighted by atomic mass is 9.84. The fraction of sp³-hybridized carbons (Fsp3) is 0.562. The zero-order chi connectivity index (χ0) is 15.2. The average Bonchev–Trinajstić information content (AvgIpc) is 2.43. The molecule has 0 unspecified atom stereocenters. The molecule has 1 aromatic rings. The largest absolute Gasteiger partial charge is 0.493 e. The molecule has 0 aliphatic rings. The number of nitrogens with one attached hydrogen (secondary N) is 1. The Labute approximate surface area is 145 Å². The van der Waals surface area contributed by atoms with Crippen LogP contribution in [0.1, 0.15) is 33.3 Å². The first-order chi connectivity index (χ1) is 9.35. The van der Waals surface area contributed by atoms with Crippen LogP contribution in [0, 0.1) is 5.92 Å². The zero-order valence-corrected chi connectivity index (χ0v) is 16.0. The lowest BCUT2D eigenvalue weighted by Gasteiger charge is -2.26. The van der Waals surface area contributed by atoms with Gasteiger partial charge in [0.2, 0.25) is 0 Å². The van der Waals surface area contributed by atoms with Crippen LogP contribution in [0.3, 0.4) is 0 Å². The van der Waals surface area contributed by atoms with Crippen LogP contribution in [-0.2, 0) is 5.41 Å². The molecule has 0 saturated heterocycles. The number of ether oxygens (including phenoxy) is 1. The third-order valence-corrected chi connectivity index (χ3v) is 3.17. The molecule has 0 aliphatic carbocycles. The van der Waals surface area contributed by atoms with Gasteiger partial charge in [0.1, 0.15) is 5.75 Å². The molecular formula is C16H28IN3O. The number of nitrogens with two attached hydrogens (primary N) is 1. The van der Waals surface area contributed by atoms with Gasteiger partial charge in [-0.15, -0.1) is 24.0 Å². The molecule has 21 heavy (non-hydrogen) atoms. The second kappa shape index (κ2) is 9.12. The Morgan fingerprint density at radius 2 is 1.86 bits per heavy atom. The van der Waals surface area contributed by atoms with Gasteiger partial charge in [0.05, 0.1) is 6.61 Å². The van der Waals surface area contributed by atoms with E-state index in [1.165, 1.54) is 5.56 Å². The molecule has 0 heterocycles. The molecule has 0 bridgehead atoms. The van der Waals surface area contributed by atoms with Gasteiger partial charge in [0.25, 0.3) is 0 Å². The highest BCUT2D eigenvalue weighted by Gasteiger charge is 2.20. The molecule has 5 heteroatoms. The Morgan fingerprint density at radius 3 is 2.33 bits per heavy atom. The van der Waals surface area contributed by atoms with E-state index >= 15 is 0 Å². The molecule has 4 nitrogen and oxygen atoms in total. The summed E-state index contributed by atoms with van der Waals surface area (Å²) >= 11 is 0. The number of halogens is 1. The molecular weight excluding hydrogens is 377 g/mol. The predicted molar refractivity (Wildman–Crippen MR) is 101 cm³/mol. The summed E-state index contributed by atoms with van der Waals surface area (Å²) in [5, 5.41) is 3.12. The van der Waals surface area contributed by atoms with Crippen LogP contribution in [-0.4, -0.2) is 26.2 Å². The van der Waals surface area contributed by atoms with Gasteiger partial charge in [0, 0.05) is 19.0 Å². The van der Waals surface area contributed by atoms with Gasteiger partial charge in [0.15, 0.2) is 5.96 Å². The molecule has 3 N–H and O–H groups in total. The van der Waals surface area contributed by atoms with Gasteiger partial charge >= 0.3 is 0 Å². The minimum absolute atomic E-state index is 0. The quantitative estimate of drug-likeness (QED) is 0.434.